The van der Waals surface area contributed by atoms with Crippen LogP contribution in [0.15, 0.2) is 41.0 Å². The molecule has 4 nitrogen and oxygen atoms in total. The van der Waals surface area contributed by atoms with E-state index in [0.29, 0.717) is 22.9 Å². The number of ether oxygens (including phenoxy) is 1. The van der Waals surface area contributed by atoms with Gasteiger partial charge in [0.25, 0.3) is 0 Å². The van der Waals surface area contributed by atoms with Gasteiger partial charge in [0.15, 0.2) is 0 Å². The molecule has 3 N–H and O–H groups in total. The molecule has 2 aromatic rings. The molecular weight excluding hydrogens is 330 g/mol. The van der Waals surface area contributed by atoms with Gasteiger partial charge in [0.05, 0.1) is 10.7 Å². The van der Waals surface area contributed by atoms with E-state index in [1.54, 1.807) is 24.4 Å². The molecule has 0 bridgehead atoms. The standard InChI is InChI=1S/C13H11BrClN3O/c14-8-1-2-9(18-6-8)7-19-10-3-4-11(13(16)17)12(15)5-10/h1-6H,7H2,(H3,16,17). The minimum Gasteiger partial charge on any atom is -0.487 e. The van der Waals surface area contributed by atoms with Crippen molar-refractivity contribution in [2.75, 3.05) is 0 Å². The normalized spacial score (nSPS) is 10.2. The Morgan fingerprint density at radius 3 is 2.74 bits per heavy atom. The van der Waals surface area contributed by atoms with Crippen molar-refractivity contribution < 1.29 is 4.74 Å². The number of amidine groups is 1. The molecule has 1 aromatic heterocycles. The van der Waals surface area contributed by atoms with Crippen molar-refractivity contribution in [3.8, 4) is 5.75 Å². The van der Waals surface area contributed by atoms with Gasteiger partial charge in [-0.05, 0) is 46.3 Å². The van der Waals surface area contributed by atoms with Gasteiger partial charge in [-0.25, -0.2) is 0 Å². The summed E-state index contributed by atoms with van der Waals surface area (Å²) < 4.78 is 6.50. The van der Waals surface area contributed by atoms with E-state index in [1.165, 1.54) is 0 Å². The Hall–Kier alpha value is -1.59. The second kappa shape index (κ2) is 6.04. The minimum absolute atomic E-state index is 0.0638. The molecule has 98 valence electrons. The van der Waals surface area contributed by atoms with Crippen molar-refractivity contribution >= 4 is 33.4 Å². The highest BCUT2D eigenvalue weighted by Crippen LogP contribution is 2.22. The van der Waals surface area contributed by atoms with E-state index in [0.717, 1.165) is 10.2 Å². The maximum Gasteiger partial charge on any atom is 0.130 e. The van der Waals surface area contributed by atoms with Crippen LogP contribution in [0.3, 0.4) is 0 Å². The van der Waals surface area contributed by atoms with Gasteiger partial charge in [-0.2, -0.15) is 0 Å². The predicted molar refractivity (Wildman–Crippen MR) is 78.7 cm³/mol. The third-order valence-electron chi connectivity index (χ3n) is 2.41. The number of nitrogens with two attached hydrogens (primary N) is 1. The first-order chi connectivity index (χ1) is 9.06. The highest BCUT2D eigenvalue weighted by molar-refractivity contribution is 9.10. The van der Waals surface area contributed by atoms with E-state index in [2.05, 4.69) is 20.9 Å². The molecule has 0 aliphatic carbocycles. The summed E-state index contributed by atoms with van der Waals surface area (Å²) in [5.41, 5.74) is 6.70. The first kappa shape index (κ1) is 13.8. The number of pyridine rings is 1. The summed E-state index contributed by atoms with van der Waals surface area (Å²) in [6.45, 7) is 0.350. The van der Waals surface area contributed by atoms with Crippen molar-refractivity contribution in [2.24, 2.45) is 5.73 Å². The third-order valence-corrected chi connectivity index (χ3v) is 3.19. The van der Waals surface area contributed by atoms with Gasteiger partial charge in [-0.3, -0.25) is 10.4 Å². The predicted octanol–water partition coefficient (Wildman–Crippen LogP) is 3.36. The number of nitrogens with zero attached hydrogens (tertiary/aromatic N) is 1. The van der Waals surface area contributed by atoms with Crippen molar-refractivity contribution in [3.63, 3.8) is 0 Å². The molecule has 0 atom stereocenters. The molecular formula is C13H11BrClN3O. The maximum absolute atomic E-state index is 7.34. The first-order valence-corrected chi connectivity index (χ1v) is 6.60. The fourth-order valence-electron chi connectivity index (χ4n) is 1.45. The first-order valence-electron chi connectivity index (χ1n) is 5.43. The summed E-state index contributed by atoms with van der Waals surface area (Å²) in [6.07, 6.45) is 1.71. The fraction of sp³-hybridized carbons (Fsp3) is 0.0769. The van der Waals surface area contributed by atoms with Crippen LogP contribution in [0.1, 0.15) is 11.3 Å². The summed E-state index contributed by atoms with van der Waals surface area (Å²) in [7, 11) is 0. The van der Waals surface area contributed by atoms with E-state index in [4.69, 9.17) is 27.5 Å². The van der Waals surface area contributed by atoms with E-state index in [9.17, 15) is 0 Å². The molecule has 19 heavy (non-hydrogen) atoms. The van der Waals surface area contributed by atoms with Crippen LogP contribution >= 0.6 is 27.5 Å². The number of aromatic nitrogens is 1. The topological polar surface area (TPSA) is 72.0 Å². The second-order valence-corrected chi connectivity index (χ2v) is 5.13. The van der Waals surface area contributed by atoms with Crippen molar-refractivity contribution in [1.29, 1.82) is 5.41 Å². The number of hydrogen-bond acceptors (Lipinski definition) is 3. The number of nitrogens with one attached hydrogen (secondary N) is 1. The van der Waals surface area contributed by atoms with Crippen LogP contribution in [0, 0.1) is 5.41 Å². The Bertz CT molecular complexity index is 601. The van der Waals surface area contributed by atoms with E-state index in [-0.39, 0.29) is 5.84 Å². The third kappa shape index (κ3) is 3.68. The van der Waals surface area contributed by atoms with E-state index >= 15 is 0 Å². The Morgan fingerprint density at radius 2 is 2.16 bits per heavy atom. The number of hydrogen-bond donors (Lipinski definition) is 2. The lowest BCUT2D eigenvalue weighted by molar-refractivity contribution is 0.301. The molecule has 1 heterocycles. The minimum atomic E-state index is -0.0638. The molecule has 0 spiro atoms. The lowest BCUT2D eigenvalue weighted by atomic mass is 10.2. The largest absolute Gasteiger partial charge is 0.487 e. The highest BCUT2D eigenvalue weighted by atomic mass is 79.9. The summed E-state index contributed by atoms with van der Waals surface area (Å²) in [5.74, 6) is 0.547. The van der Waals surface area contributed by atoms with Gasteiger partial charge >= 0.3 is 0 Å². The summed E-state index contributed by atoms with van der Waals surface area (Å²) in [4.78, 5) is 4.20. The number of halogens is 2. The molecule has 0 radical (unpaired) electrons. The smallest absolute Gasteiger partial charge is 0.130 e. The SMILES string of the molecule is N=C(N)c1ccc(OCc2ccc(Br)cn2)cc1Cl. The van der Waals surface area contributed by atoms with Gasteiger partial charge in [-0.15, -0.1) is 0 Å². The summed E-state index contributed by atoms with van der Waals surface area (Å²) >= 11 is 9.32. The van der Waals surface area contributed by atoms with Crippen LogP contribution < -0.4 is 10.5 Å². The monoisotopic (exact) mass is 339 g/mol. The maximum atomic E-state index is 7.34. The molecule has 0 saturated heterocycles. The second-order valence-electron chi connectivity index (χ2n) is 3.81. The Labute approximate surface area is 124 Å². The zero-order chi connectivity index (χ0) is 13.8. The van der Waals surface area contributed by atoms with Crippen LogP contribution in [0.2, 0.25) is 5.02 Å². The molecule has 2 rings (SSSR count). The van der Waals surface area contributed by atoms with E-state index < -0.39 is 0 Å². The molecule has 0 unspecified atom stereocenters. The molecule has 1 aromatic carbocycles. The van der Waals surface area contributed by atoms with Gasteiger partial charge in [-0.1, -0.05) is 11.6 Å². The Morgan fingerprint density at radius 1 is 1.37 bits per heavy atom. The van der Waals surface area contributed by atoms with Gasteiger partial charge < -0.3 is 10.5 Å². The highest BCUT2D eigenvalue weighted by Gasteiger charge is 2.05. The van der Waals surface area contributed by atoms with E-state index in [1.807, 2.05) is 12.1 Å². The molecule has 0 amide bonds. The van der Waals surface area contributed by atoms with Crippen LogP contribution in [-0.2, 0) is 6.61 Å². The number of rotatable bonds is 4. The molecule has 0 saturated carbocycles. The Balaban J connectivity index is 2.06. The fourth-order valence-corrected chi connectivity index (χ4v) is 1.96. The van der Waals surface area contributed by atoms with Crippen LogP contribution in [0.5, 0.6) is 5.75 Å². The van der Waals surface area contributed by atoms with Gasteiger partial charge in [0.2, 0.25) is 0 Å². The Kier molecular flexibility index (Phi) is 4.39. The average Bonchev–Trinajstić information content (AvgIpc) is 2.37. The van der Waals surface area contributed by atoms with Crippen molar-refractivity contribution in [1.82, 2.24) is 4.98 Å². The zero-order valence-corrected chi connectivity index (χ0v) is 12.2. The summed E-state index contributed by atoms with van der Waals surface area (Å²) in [6, 6.07) is 8.79. The summed E-state index contributed by atoms with van der Waals surface area (Å²) in [5, 5.41) is 7.74. The number of nitrogen functional groups attached to an aromatic ring is 1. The molecule has 6 heteroatoms. The molecule has 0 aliphatic rings. The van der Waals surface area contributed by atoms with Crippen molar-refractivity contribution in [3.05, 3.63) is 57.3 Å². The lowest BCUT2D eigenvalue weighted by Crippen LogP contribution is -2.11. The molecule has 0 aliphatic heterocycles. The average molecular weight is 341 g/mol. The van der Waals surface area contributed by atoms with Gasteiger partial charge in [0, 0.05) is 16.2 Å². The number of benzene rings is 1. The van der Waals surface area contributed by atoms with Crippen LogP contribution in [-0.4, -0.2) is 10.8 Å². The molecule has 0 fully saturated rings. The quantitative estimate of drug-likeness (QED) is 0.662. The van der Waals surface area contributed by atoms with Crippen LogP contribution in [0.4, 0.5) is 0 Å². The zero-order valence-electron chi connectivity index (χ0n) is 9.86. The van der Waals surface area contributed by atoms with Crippen LogP contribution in [0.25, 0.3) is 0 Å². The lowest BCUT2D eigenvalue weighted by Gasteiger charge is -2.08. The van der Waals surface area contributed by atoms with Crippen molar-refractivity contribution in [2.45, 2.75) is 6.61 Å². The van der Waals surface area contributed by atoms with Gasteiger partial charge in [0.1, 0.15) is 18.2 Å².